The van der Waals surface area contributed by atoms with Gasteiger partial charge in [0.05, 0.1) is 12.7 Å². The highest BCUT2D eigenvalue weighted by molar-refractivity contribution is 5.80. The van der Waals surface area contributed by atoms with Crippen LogP contribution in [0.4, 0.5) is 4.79 Å². The van der Waals surface area contributed by atoms with Gasteiger partial charge >= 0.3 is 12.0 Å². The first-order valence-corrected chi connectivity index (χ1v) is 6.15. The maximum atomic E-state index is 11.9. The van der Waals surface area contributed by atoms with Gasteiger partial charge in [-0.25, -0.2) is 4.79 Å². The van der Waals surface area contributed by atoms with Crippen LogP contribution < -0.4 is 5.32 Å². The lowest BCUT2D eigenvalue weighted by Crippen LogP contribution is -2.47. The topological polar surface area (TPSA) is 100 Å². The van der Waals surface area contributed by atoms with Gasteiger partial charge in [-0.15, -0.1) is 5.10 Å². The minimum atomic E-state index is -1.02. The Kier molecular flexibility index (Phi) is 5.77. The maximum Gasteiger partial charge on any atom is 0.323 e. The van der Waals surface area contributed by atoms with E-state index in [1.54, 1.807) is 17.1 Å². The molecule has 0 saturated carbocycles. The van der Waals surface area contributed by atoms with Crippen molar-refractivity contribution in [3.8, 4) is 0 Å². The lowest BCUT2D eigenvalue weighted by molar-refractivity contribution is -0.138. The number of carbonyl (C=O) groups excluding carboxylic acids is 1. The molecule has 0 spiro atoms. The first-order chi connectivity index (χ1) is 9.04. The Morgan fingerprint density at radius 3 is 2.79 bits per heavy atom. The van der Waals surface area contributed by atoms with Crippen LogP contribution in [0.5, 0.6) is 0 Å². The number of urea groups is 1. The number of amides is 2. The molecule has 2 amide bonds. The number of hydrogen-bond acceptors (Lipinski definition) is 4. The first kappa shape index (κ1) is 14.9. The molecule has 0 radical (unpaired) electrons. The molecule has 8 heteroatoms. The zero-order chi connectivity index (χ0) is 14.3. The summed E-state index contributed by atoms with van der Waals surface area (Å²) < 4.78 is 1.59. The number of nitrogens with zero attached hydrogens (tertiary/aromatic N) is 4. The molecule has 0 saturated heterocycles. The summed E-state index contributed by atoms with van der Waals surface area (Å²) in [6.45, 7) is 4.29. The molecule has 0 bridgehead atoms. The van der Waals surface area contributed by atoms with Crippen LogP contribution in [0.15, 0.2) is 12.4 Å². The monoisotopic (exact) mass is 269 g/mol. The van der Waals surface area contributed by atoms with E-state index in [2.05, 4.69) is 15.6 Å². The SMILES string of the molecule is CCC(C)N(CC(=O)O)C(=O)NCCn1ccnn1. The molecular weight excluding hydrogens is 250 g/mol. The predicted octanol–water partition coefficient (Wildman–Crippen LogP) is 0.173. The van der Waals surface area contributed by atoms with E-state index in [-0.39, 0.29) is 18.6 Å². The van der Waals surface area contributed by atoms with Crippen LogP contribution in [0.25, 0.3) is 0 Å². The minimum absolute atomic E-state index is 0.123. The fourth-order valence-corrected chi connectivity index (χ4v) is 1.52. The second-order valence-electron chi connectivity index (χ2n) is 4.18. The third-order valence-corrected chi connectivity index (χ3v) is 2.78. The van der Waals surface area contributed by atoms with Crippen molar-refractivity contribution in [2.45, 2.75) is 32.9 Å². The summed E-state index contributed by atoms with van der Waals surface area (Å²) >= 11 is 0. The summed E-state index contributed by atoms with van der Waals surface area (Å²) in [5, 5.41) is 18.9. The van der Waals surface area contributed by atoms with Crippen molar-refractivity contribution < 1.29 is 14.7 Å². The molecule has 1 aromatic rings. The van der Waals surface area contributed by atoms with Crippen LogP contribution in [0.1, 0.15) is 20.3 Å². The number of carbonyl (C=O) groups is 2. The van der Waals surface area contributed by atoms with Gasteiger partial charge in [0.15, 0.2) is 0 Å². The Labute approximate surface area is 111 Å². The summed E-state index contributed by atoms with van der Waals surface area (Å²) in [5.74, 6) is -1.02. The largest absolute Gasteiger partial charge is 0.480 e. The number of carboxylic acid groups (broad SMARTS) is 1. The van der Waals surface area contributed by atoms with E-state index in [4.69, 9.17) is 5.11 Å². The molecule has 0 aliphatic carbocycles. The van der Waals surface area contributed by atoms with Crippen LogP contribution in [0.3, 0.4) is 0 Å². The highest BCUT2D eigenvalue weighted by Crippen LogP contribution is 2.03. The standard InChI is InChI=1S/C11H19N5O3/c1-3-9(2)16(8-10(17)18)11(19)12-4-6-15-7-5-13-14-15/h5,7,9H,3-4,6,8H2,1-2H3,(H,12,19)(H,17,18). The fourth-order valence-electron chi connectivity index (χ4n) is 1.52. The normalized spacial score (nSPS) is 11.9. The quantitative estimate of drug-likeness (QED) is 0.735. The lowest BCUT2D eigenvalue weighted by atomic mass is 10.2. The molecule has 0 fully saturated rings. The molecule has 1 unspecified atom stereocenters. The molecule has 0 aliphatic rings. The second-order valence-corrected chi connectivity index (χ2v) is 4.18. The fraction of sp³-hybridized carbons (Fsp3) is 0.636. The van der Waals surface area contributed by atoms with Gasteiger partial charge in [0.2, 0.25) is 0 Å². The third-order valence-electron chi connectivity index (χ3n) is 2.78. The molecular formula is C11H19N5O3. The average Bonchev–Trinajstić information content (AvgIpc) is 2.87. The van der Waals surface area contributed by atoms with Crippen molar-refractivity contribution in [3.05, 3.63) is 12.4 Å². The summed E-state index contributed by atoms with van der Waals surface area (Å²) in [6.07, 6.45) is 3.94. The Morgan fingerprint density at radius 2 is 2.26 bits per heavy atom. The van der Waals surface area contributed by atoms with Gasteiger partial charge in [0, 0.05) is 18.8 Å². The van der Waals surface area contributed by atoms with Crippen LogP contribution in [0, 0.1) is 0 Å². The van der Waals surface area contributed by atoms with E-state index in [1.807, 2.05) is 13.8 Å². The molecule has 106 valence electrons. The number of carboxylic acids is 1. The van der Waals surface area contributed by atoms with Crippen LogP contribution in [0.2, 0.25) is 0 Å². The maximum absolute atomic E-state index is 11.9. The molecule has 1 atom stereocenters. The number of aromatic nitrogens is 3. The number of aliphatic carboxylic acids is 1. The van der Waals surface area contributed by atoms with Gasteiger partial charge in [-0.05, 0) is 13.3 Å². The molecule has 8 nitrogen and oxygen atoms in total. The van der Waals surface area contributed by atoms with E-state index in [0.29, 0.717) is 19.5 Å². The van der Waals surface area contributed by atoms with Crippen molar-refractivity contribution in [1.29, 1.82) is 0 Å². The summed E-state index contributed by atoms with van der Waals surface area (Å²) in [7, 11) is 0. The van der Waals surface area contributed by atoms with Crippen molar-refractivity contribution >= 4 is 12.0 Å². The number of nitrogens with one attached hydrogen (secondary N) is 1. The van der Waals surface area contributed by atoms with Crippen molar-refractivity contribution in [2.24, 2.45) is 0 Å². The van der Waals surface area contributed by atoms with Crippen molar-refractivity contribution in [1.82, 2.24) is 25.2 Å². The van der Waals surface area contributed by atoms with E-state index in [0.717, 1.165) is 0 Å². The summed E-state index contributed by atoms with van der Waals surface area (Å²) in [4.78, 5) is 24.0. The molecule has 0 aliphatic heterocycles. The van der Waals surface area contributed by atoms with Crippen LogP contribution in [-0.4, -0.2) is 56.1 Å². The minimum Gasteiger partial charge on any atom is -0.480 e. The van der Waals surface area contributed by atoms with E-state index >= 15 is 0 Å². The number of rotatable bonds is 7. The average molecular weight is 269 g/mol. The smallest absolute Gasteiger partial charge is 0.323 e. The highest BCUT2D eigenvalue weighted by atomic mass is 16.4. The van der Waals surface area contributed by atoms with Gasteiger partial charge in [-0.1, -0.05) is 12.1 Å². The van der Waals surface area contributed by atoms with Crippen LogP contribution >= 0.6 is 0 Å². The van der Waals surface area contributed by atoms with Gasteiger partial charge in [0.25, 0.3) is 0 Å². The van der Waals surface area contributed by atoms with Gasteiger partial charge in [-0.3, -0.25) is 9.48 Å². The Morgan fingerprint density at radius 1 is 1.53 bits per heavy atom. The zero-order valence-corrected chi connectivity index (χ0v) is 11.1. The molecule has 0 aromatic carbocycles. The molecule has 1 aromatic heterocycles. The zero-order valence-electron chi connectivity index (χ0n) is 11.1. The van der Waals surface area contributed by atoms with Gasteiger partial charge in [-0.2, -0.15) is 0 Å². The Hall–Kier alpha value is -2.12. The first-order valence-electron chi connectivity index (χ1n) is 6.15. The summed E-state index contributed by atoms with van der Waals surface area (Å²) in [6, 6.07) is -0.501. The summed E-state index contributed by atoms with van der Waals surface area (Å²) in [5.41, 5.74) is 0. The number of hydrogen-bond donors (Lipinski definition) is 2. The second kappa shape index (κ2) is 7.34. The van der Waals surface area contributed by atoms with E-state index in [1.165, 1.54) is 4.90 Å². The molecule has 1 rings (SSSR count). The molecule has 1 heterocycles. The van der Waals surface area contributed by atoms with E-state index in [9.17, 15) is 9.59 Å². The third kappa shape index (κ3) is 4.94. The Balaban J connectivity index is 2.44. The highest BCUT2D eigenvalue weighted by Gasteiger charge is 2.20. The van der Waals surface area contributed by atoms with Gasteiger partial charge in [0.1, 0.15) is 6.54 Å². The Bertz CT molecular complexity index is 406. The van der Waals surface area contributed by atoms with Gasteiger partial charge < -0.3 is 15.3 Å². The van der Waals surface area contributed by atoms with Crippen LogP contribution in [-0.2, 0) is 11.3 Å². The van der Waals surface area contributed by atoms with Crippen molar-refractivity contribution in [3.63, 3.8) is 0 Å². The predicted molar refractivity (Wildman–Crippen MR) is 67.5 cm³/mol. The molecule has 19 heavy (non-hydrogen) atoms. The van der Waals surface area contributed by atoms with Crippen molar-refractivity contribution in [2.75, 3.05) is 13.1 Å². The molecule has 2 N–H and O–H groups in total. The van der Waals surface area contributed by atoms with E-state index < -0.39 is 5.97 Å². The lowest BCUT2D eigenvalue weighted by Gasteiger charge is -2.27.